The maximum Gasteiger partial charge on any atom is 0.209 e. The summed E-state index contributed by atoms with van der Waals surface area (Å²) < 4.78 is 0. The van der Waals surface area contributed by atoms with E-state index in [0.717, 1.165) is 49.7 Å². The molecule has 0 bridgehead atoms. The number of aryl methyl sites for hydroxylation is 1. The lowest BCUT2D eigenvalue weighted by atomic mass is 10.0. The normalized spacial score (nSPS) is 25.3. The van der Waals surface area contributed by atoms with Crippen LogP contribution in [0.5, 0.6) is 0 Å². The zero-order valence-corrected chi connectivity index (χ0v) is 12.9. The molecule has 0 spiro atoms. The molecule has 1 aromatic heterocycles. The third kappa shape index (κ3) is 2.62. The van der Waals surface area contributed by atoms with Gasteiger partial charge < -0.3 is 14.9 Å². The summed E-state index contributed by atoms with van der Waals surface area (Å²) in [5.41, 5.74) is 0.827. The number of nitrogens with zero attached hydrogens (tertiary/aromatic N) is 3. The minimum Gasteiger partial charge on any atom is -0.384 e. The van der Waals surface area contributed by atoms with Crippen LogP contribution in [0.15, 0.2) is 12.1 Å². The van der Waals surface area contributed by atoms with Gasteiger partial charge in [0.25, 0.3) is 0 Å². The van der Waals surface area contributed by atoms with Crippen LogP contribution in [0.25, 0.3) is 0 Å². The Bertz CT molecular complexity index is 539. The Labute approximate surface area is 125 Å². The maximum atomic E-state index is 10.9. The van der Waals surface area contributed by atoms with E-state index in [1.807, 2.05) is 24.0 Å². The van der Waals surface area contributed by atoms with Gasteiger partial charge >= 0.3 is 0 Å². The number of carbonyl (C=O) groups is 1. The zero-order valence-electron chi connectivity index (χ0n) is 12.9. The molecule has 114 valence electrons. The van der Waals surface area contributed by atoms with Crippen LogP contribution in [0.2, 0.25) is 0 Å². The van der Waals surface area contributed by atoms with Crippen LogP contribution >= 0.6 is 0 Å². The summed E-state index contributed by atoms with van der Waals surface area (Å²) in [5, 5.41) is 10.2. The van der Waals surface area contributed by atoms with Crippen LogP contribution in [0.1, 0.15) is 25.1 Å². The highest BCUT2D eigenvalue weighted by atomic mass is 16.3. The molecule has 5 heteroatoms. The lowest BCUT2D eigenvalue weighted by Crippen LogP contribution is -2.29. The predicted molar refractivity (Wildman–Crippen MR) is 81.0 cm³/mol. The number of rotatable bonds is 3. The van der Waals surface area contributed by atoms with E-state index in [9.17, 15) is 9.90 Å². The van der Waals surface area contributed by atoms with Gasteiger partial charge in [-0.1, -0.05) is 6.07 Å². The number of aromatic nitrogens is 1. The van der Waals surface area contributed by atoms with Crippen molar-refractivity contribution in [3.8, 4) is 0 Å². The van der Waals surface area contributed by atoms with Crippen molar-refractivity contribution in [2.24, 2.45) is 11.8 Å². The largest absolute Gasteiger partial charge is 0.384 e. The van der Waals surface area contributed by atoms with Crippen molar-refractivity contribution in [2.45, 2.75) is 26.4 Å². The Hall–Kier alpha value is -1.62. The van der Waals surface area contributed by atoms with Crippen LogP contribution in [-0.4, -0.2) is 47.6 Å². The Kier molecular flexibility index (Phi) is 3.40. The molecule has 5 nitrogen and oxygen atoms in total. The second-order valence-electron chi connectivity index (χ2n) is 6.88. The first kappa shape index (κ1) is 14.3. The minimum atomic E-state index is -0.927. The first-order chi connectivity index (χ1) is 9.88. The number of amides is 1. The quantitative estimate of drug-likeness (QED) is 0.848. The van der Waals surface area contributed by atoms with Crippen molar-refractivity contribution in [3.63, 3.8) is 0 Å². The van der Waals surface area contributed by atoms with Crippen LogP contribution < -0.4 is 4.90 Å². The highest BCUT2D eigenvalue weighted by Crippen LogP contribution is 2.33. The molecule has 0 unspecified atom stereocenters. The number of pyridine rings is 1. The second-order valence-corrected chi connectivity index (χ2v) is 6.88. The Morgan fingerprint density at radius 1 is 1.24 bits per heavy atom. The molecule has 0 aromatic carbocycles. The Morgan fingerprint density at radius 3 is 2.38 bits per heavy atom. The van der Waals surface area contributed by atoms with Crippen LogP contribution in [-0.2, 0) is 10.4 Å². The summed E-state index contributed by atoms with van der Waals surface area (Å²) in [6, 6.07) is 4.06. The van der Waals surface area contributed by atoms with E-state index in [1.165, 1.54) is 0 Å². The van der Waals surface area contributed by atoms with Crippen LogP contribution in [0, 0.1) is 18.8 Å². The third-order valence-corrected chi connectivity index (χ3v) is 4.65. The molecule has 0 saturated carbocycles. The number of hydrogen-bond donors (Lipinski definition) is 1. The molecule has 2 aliphatic rings. The SMILES string of the molecule is Cc1ccc(N2C[C@H]3CN(C=O)C[C@H]3C2)nc1C(C)(C)O. The van der Waals surface area contributed by atoms with Crippen molar-refractivity contribution in [1.29, 1.82) is 0 Å². The predicted octanol–water partition coefficient (Wildman–Crippen LogP) is 1.14. The summed E-state index contributed by atoms with van der Waals surface area (Å²) >= 11 is 0. The molecule has 3 heterocycles. The molecule has 3 rings (SSSR count). The van der Waals surface area contributed by atoms with Crippen molar-refractivity contribution >= 4 is 12.2 Å². The van der Waals surface area contributed by atoms with Gasteiger partial charge in [0.2, 0.25) is 6.41 Å². The van der Waals surface area contributed by atoms with E-state index >= 15 is 0 Å². The zero-order chi connectivity index (χ0) is 15.2. The second kappa shape index (κ2) is 4.98. The van der Waals surface area contributed by atoms with Gasteiger partial charge in [0, 0.05) is 38.0 Å². The van der Waals surface area contributed by atoms with Gasteiger partial charge in [0.05, 0.1) is 5.69 Å². The Morgan fingerprint density at radius 2 is 1.86 bits per heavy atom. The average Bonchev–Trinajstić information content (AvgIpc) is 2.95. The smallest absolute Gasteiger partial charge is 0.209 e. The fourth-order valence-electron chi connectivity index (χ4n) is 3.62. The van der Waals surface area contributed by atoms with E-state index in [-0.39, 0.29) is 0 Å². The monoisotopic (exact) mass is 289 g/mol. The number of anilines is 1. The van der Waals surface area contributed by atoms with Crippen molar-refractivity contribution in [1.82, 2.24) is 9.88 Å². The third-order valence-electron chi connectivity index (χ3n) is 4.65. The van der Waals surface area contributed by atoms with Gasteiger partial charge in [-0.2, -0.15) is 0 Å². The highest BCUT2D eigenvalue weighted by molar-refractivity contribution is 5.49. The average molecular weight is 289 g/mol. The van der Waals surface area contributed by atoms with Gasteiger partial charge in [0.1, 0.15) is 11.4 Å². The number of carbonyl (C=O) groups excluding carboxylic acids is 1. The van der Waals surface area contributed by atoms with Crippen molar-refractivity contribution in [2.75, 3.05) is 31.1 Å². The van der Waals surface area contributed by atoms with Gasteiger partial charge in [-0.25, -0.2) is 4.98 Å². The first-order valence-electron chi connectivity index (χ1n) is 7.53. The lowest BCUT2D eigenvalue weighted by molar-refractivity contribution is -0.117. The number of fused-ring (bicyclic) bond motifs is 1. The molecule has 1 aromatic rings. The van der Waals surface area contributed by atoms with E-state index in [4.69, 9.17) is 0 Å². The molecule has 1 N–H and O–H groups in total. The standard InChI is InChI=1S/C16H23N3O2/c1-11-4-5-14(17-15(11)16(2,3)21)19-8-12-6-18(10-20)7-13(12)9-19/h4-5,10,12-13,21H,6-9H2,1-3H3/t12-,13+. The van der Waals surface area contributed by atoms with E-state index in [1.54, 1.807) is 13.8 Å². The van der Waals surface area contributed by atoms with Gasteiger partial charge in [-0.05, 0) is 32.4 Å². The summed E-state index contributed by atoms with van der Waals surface area (Å²) in [6.45, 7) is 9.11. The summed E-state index contributed by atoms with van der Waals surface area (Å²) in [5.74, 6) is 2.03. The van der Waals surface area contributed by atoms with Gasteiger partial charge in [0.15, 0.2) is 0 Å². The fourth-order valence-corrected chi connectivity index (χ4v) is 3.62. The molecule has 2 saturated heterocycles. The molecule has 1 amide bonds. The number of likely N-dealkylation sites (tertiary alicyclic amines) is 1. The first-order valence-corrected chi connectivity index (χ1v) is 7.53. The summed E-state index contributed by atoms with van der Waals surface area (Å²) in [4.78, 5) is 19.7. The molecule has 2 fully saturated rings. The van der Waals surface area contributed by atoms with Crippen molar-refractivity contribution < 1.29 is 9.90 Å². The highest BCUT2D eigenvalue weighted by Gasteiger charge is 2.40. The number of hydrogen-bond acceptors (Lipinski definition) is 4. The Balaban J connectivity index is 1.79. The molecular weight excluding hydrogens is 266 g/mol. The maximum absolute atomic E-state index is 10.9. The minimum absolute atomic E-state index is 0.545. The molecule has 2 atom stereocenters. The van der Waals surface area contributed by atoms with E-state index < -0.39 is 5.60 Å². The fraction of sp³-hybridized carbons (Fsp3) is 0.625. The van der Waals surface area contributed by atoms with Gasteiger partial charge in [-0.15, -0.1) is 0 Å². The van der Waals surface area contributed by atoms with Crippen LogP contribution in [0.4, 0.5) is 5.82 Å². The molecule has 0 aliphatic carbocycles. The summed E-state index contributed by atoms with van der Waals surface area (Å²) in [6.07, 6.45) is 0.958. The molecule has 2 aliphatic heterocycles. The topological polar surface area (TPSA) is 56.7 Å². The van der Waals surface area contributed by atoms with Crippen molar-refractivity contribution in [3.05, 3.63) is 23.4 Å². The summed E-state index contributed by atoms with van der Waals surface area (Å²) in [7, 11) is 0. The molecule has 21 heavy (non-hydrogen) atoms. The lowest BCUT2D eigenvalue weighted by Gasteiger charge is -2.24. The van der Waals surface area contributed by atoms with E-state index in [0.29, 0.717) is 11.8 Å². The van der Waals surface area contributed by atoms with E-state index in [2.05, 4.69) is 9.88 Å². The van der Waals surface area contributed by atoms with Gasteiger partial charge in [-0.3, -0.25) is 4.79 Å². The number of aliphatic hydroxyl groups is 1. The van der Waals surface area contributed by atoms with Crippen LogP contribution in [0.3, 0.4) is 0 Å². The molecular formula is C16H23N3O2. The molecule has 0 radical (unpaired) electrons.